The summed E-state index contributed by atoms with van der Waals surface area (Å²) in [6.45, 7) is 3.43. The van der Waals surface area contributed by atoms with Crippen LogP contribution < -0.4 is 14.2 Å². The van der Waals surface area contributed by atoms with Crippen molar-refractivity contribution in [3.8, 4) is 17.2 Å². The van der Waals surface area contributed by atoms with E-state index in [4.69, 9.17) is 14.2 Å². The summed E-state index contributed by atoms with van der Waals surface area (Å²) in [6.07, 6.45) is 0. The summed E-state index contributed by atoms with van der Waals surface area (Å²) in [6, 6.07) is 3.60. The molecule has 0 bridgehead atoms. The highest BCUT2D eigenvalue weighted by Crippen LogP contribution is 2.42. The van der Waals surface area contributed by atoms with Crippen molar-refractivity contribution in [2.75, 3.05) is 21.3 Å². The van der Waals surface area contributed by atoms with E-state index in [2.05, 4.69) is 4.98 Å². The predicted octanol–water partition coefficient (Wildman–Crippen LogP) is 2.42. The number of hydrogen-bond acceptors (Lipinski definition) is 4. The molecule has 0 spiro atoms. The summed E-state index contributed by atoms with van der Waals surface area (Å²) >= 11 is 0. The number of aliphatic hydroxyl groups is 1. The summed E-state index contributed by atoms with van der Waals surface area (Å²) in [5, 5.41) is 10.9. The van der Waals surface area contributed by atoms with Gasteiger partial charge in [0.25, 0.3) is 0 Å². The standard InChI is InChI=1S/C14H19NO4/c1-14(2,16)11-6-8-12(15-11)9(17-3)7-10(18-4)13(8)19-5/h6-7,15-16H,1-5H3. The molecule has 0 aliphatic carbocycles. The molecule has 0 saturated heterocycles. The molecule has 0 fully saturated rings. The molecule has 5 heteroatoms. The number of fused-ring (bicyclic) bond motifs is 1. The van der Waals surface area contributed by atoms with Crippen LogP contribution in [0.15, 0.2) is 12.1 Å². The van der Waals surface area contributed by atoms with E-state index in [1.165, 1.54) is 0 Å². The first-order valence-electron chi connectivity index (χ1n) is 5.97. The van der Waals surface area contributed by atoms with Crippen molar-refractivity contribution in [2.45, 2.75) is 19.4 Å². The molecule has 0 aliphatic heterocycles. The minimum atomic E-state index is -0.970. The minimum absolute atomic E-state index is 0.591. The molecule has 0 radical (unpaired) electrons. The molecule has 0 aliphatic rings. The monoisotopic (exact) mass is 265 g/mol. The molecular formula is C14H19NO4. The van der Waals surface area contributed by atoms with Crippen molar-refractivity contribution in [3.63, 3.8) is 0 Å². The van der Waals surface area contributed by atoms with Gasteiger partial charge in [0, 0.05) is 17.1 Å². The molecule has 0 amide bonds. The fourth-order valence-electron chi connectivity index (χ4n) is 2.07. The summed E-state index contributed by atoms with van der Waals surface area (Å²) in [7, 11) is 4.75. The van der Waals surface area contributed by atoms with Crippen molar-refractivity contribution in [2.24, 2.45) is 0 Å². The molecular weight excluding hydrogens is 246 g/mol. The van der Waals surface area contributed by atoms with Gasteiger partial charge in [0.05, 0.1) is 32.4 Å². The molecule has 1 aromatic heterocycles. The Bertz CT molecular complexity index is 595. The van der Waals surface area contributed by atoms with Crippen molar-refractivity contribution >= 4 is 10.9 Å². The van der Waals surface area contributed by atoms with Gasteiger partial charge >= 0.3 is 0 Å². The van der Waals surface area contributed by atoms with Crippen LogP contribution in [0.1, 0.15) is 19.5 Å². The van der Waals surface area contributed by atoms with Gasteiger partial charge in [0.15, 0.2) is 11.5 Å². The molecule has 0 atom stereocenters. The molecule has 2 N–H and O–H groups in total. The maximum atomic E-state index is 10.1. The zero-order chi connectivity index (χ0) is 14.2. The zero-order valence-corrected chi connectivity index (χ0v) is 11.8. The van der Waals surface area contributed by atoms with Crippen molar-refractivity contribution in [3.05, 3.63) is 17.8 Å². The second kappa shape index (κ2) is 4.66. The molecule has 104 valence electrons. The second-order valence-electron chi connectivity index (χ2n) is 4.85. The third-order valence-electron chi connectivity index (χ3n) is 3.10. The first-order chi connectivity index (χ1) is 8.92. The Kier molecular flexibility index (Phi) is 3.32. The third kappa shape index (κ3) is 2.21. The van der Waals surface area contributed by atoms with Gasteiger partial charge in [-0.25, -0.2) is 0 Å². The highest BCUT2D eigenvalue weighted by atomic mass is 16.5. The van der Waals surface area contributed by atoms with Crippen LogP contribution in [-0.4, -0.2) is 31.4 Å². The largest absolute Gasteiger partial charge is 0.494 e. The number of nitrogens with one attached hydrogen (secondary N) is 1. The van der Waals surface area contributed by atoms with Crippen molar-refractivity contribution < 1.29 is 19.3 Å². The van der Waals surface area contributed by atoms with Crippen LogP contribution in [0.4, 0.5) is 0 Å². The van der Waals surface area contributed by atoms with Crippen LogP contribution >= 0.6 is 0 Å². The van der Waals surface area contributed by atoms with Gasteiger partial charge in [-0.05, 0) is 19.9 Å². The van der Waals surface area contributed by atoms with E-state index < -0.39 is 5.60 Å². The molecule has 19 heavy (non-hydrogen) atoms. The van der Waals surface area contributed by atoms with Gasteiger partial charge in [-0.15, -0.1) is 0 Å². The van der Waals surface area contributed by atoms with Crippen LogP contribution in [0.25, 0.3) is 10.9 Å². The normalized spacial score (nSPS) is 11.7. The maximum absolute atomic E-state index is 10.1. The van der Waals surface area contributed by atoms with Crippen molar-refractivity contribution in [1.82, 2.24) is 4.98 Å². The summed E-state index contributed by atoms with van der Waals surface area (Å²) in [4.78, 5) is 3.17. The number of aromatic nitrogens is 1. The number of ether oxygens (including phenoxy) is 3. The number of benzene rings is 1. The molecule has 5 nitrogen and oxygen atoms in total. The maximum Gasteiger partial charge on any atom is 0.170 e. The molecule has 0 unspecified atom stereocenters. The van der Waals surface area contributed by atoms with Crippen molar-refractivity contribution in [1.29, 1.82) is 0 Å². The lowest BCUT2D eigenvalue weighted by Gasteiger charge is -2.14. The summed E-state index contributed by atoms with van der Waals surface area (Å²) < 4.78 is 16.0. The molecule has 0 saturated carbocycles. The summed E-state index contributed by atoms with van der Waals surface area (Å²) in [5.74, 6) is 1.85. The van der Waals surface area contributed by atoms with E-state index in [1.807, 2.05) is 6.07 Å². The van der Waals surface area contributed by atoms with Crippen LogP contribution in [0.2, 0.25) is 0 Å². The Morgan fingerprint density at radius 3 is 2.11 bits per heavy atom. The van der Waals surface area contributed by atoms with Gasteiger partial charge in [-0.1, -0.05) is 0 Å². The number of aromatic amines is 1. The Labute approximate surface area is 112 Å². The fraction of sp³-hybridized carbons (Fsp3) is 0.429. The Hall–Kier alpha value is -1.88. The number of methoxy groups -OCH3 is 3. The van der Waals surface area contributed by atoms with Gasteiger partial charge in [-0.2, -0.15) is 0 Å². The Balaban J connectivity index is 2.80. The first kappa shape index (κ1) is 13.5. The SMILES string of the molecule is COc1cc(OC)c2[nH]c(C(C)(C)O)cc2c1OC. The van der Waals surface area contributed by atoms with E-state index in [0.29, 0.717) is 22.9 Å². The fourth-order valence-corrected chi connectivity index (χ4v) is 2.07. The third-order valence-corrected chi connectivity index (χ3v) is 3.10. The van der Waals surface area contributed by atoms with Gasteiger partial charge < -0.3 is 24.3 Å². The van der Waals surface area contributed by atoms with E-state index in [9.17, 15) is 5.11 Å². The average molecular weight is 265 g/mol. The lowest BCUT2D eigenvalue weighted by Crippen LogP contribution is -2.15. The molecule has 1 aromatic carbocycles. The van der Waals surface area contributed by atoms with Crippen LogP contribution in [0.5, 0.6) is 17.2 Å². The van der Waals surface area contributed by atoms with Crippen LogP contribution in [-0.2, 0) is 5.60 Å². The lowest BCUT2D eigenvalue weighted by molar-refractivity contribution is 0.0746. The number of hydrogen-bond donors (Lipinski definition) is 2. The minimum Gasteiger partial charge on any atom is -0.494 e. The lowest BCUT2D eigenvalue weighted by atomic mass is 10.1. The average Bonchev–Trinajstić information content (AvgIpc) is 2.81. The van der Waals surface area contributed by atoms with E-state index in [0.717, 1.165) is 10.9 Å². The first-order valence-corrected chi connectivity index (χ1v) is 5.97. The number of rotatable bonds is 4. The Morgan fingerprint density at radius 2 is 1.63 bits per heavy atom. The topological polar surface area (TPSA) is 63.7 Å². The quantitative estimate of drug-likeness (QED) is 0.891. The molecule has 1 heterocycles. The van der Waals surface area contributed by atoms with Gasteiger partial charge in [0.2, 0.25) is 0 Å². The van der Waals surface area contributed by atoms with E-state index >= 15 is 0 Å². The van der Waals surface area contributed by atoms with E-state index in [-0.39, 0.29) is 0 Å². The number of H-pyrrole nitrogens is 1. The highest BCUT2D eigenvalue weighted by molar-refractivity contribution is 5.94. The second-order valence-corrected chi connectivity index (χ2v) is 4.85. The predicted molar refractivity (Wildman–Crippen MR) is 73.2 cm³/mol. The molecule has 2 rings (SSSR count). The highest BCUT2D eigenvalue weighted by Gasteiger charge is 2.23. The smallest absolute Gasteiger partial charge is 0.170 e. The zero-order valence-electron chi connectivity index (χ0n) is 11.8. The van der Waals surface area contributed by atoms with E-state index in [1.54, 1.807) is 41.2 Å². The Morgan fingerprint density at radius 1 is 1.00 bits per heavy atom. The van der Waals surface area contributed by atoms with Gasteiger partial charge in [0.1, 0.15) is 5.75 Å². The van der Waals surface area contributed by atoms with Gasteiger partial charge in [-0.3, -0.25) is 0 Å². The summed E-state index contributed by atoms with van der Waals surface area (Å²) in [5.41, 5.74) is 0.493. The van der Waals surface area contributed by atoms with Crippen LogP contribution in [0, 0.1) is 0 Å². The molecule has 2 aromatic rings. The van der Waals surface area contributed by atoms with Crippen LogP contribution in [0.3, 0.4) is 0 Å².